The van der Waals surface area contributed by atoms with Crippen LogP contribution in [-0.4, -0.2) is 40.1 Å². The van der Waals surface area contributed by atoms with Crippen LogP contribution in [0.25, 0.3) is 11.1 Å². The van der Waals surface area contributed by atoms with Gasteiger partial charge in [-0.1, -0.05) is 19.0 Å². The zero-order valence-electron chi connectivity index (χ0n) is 14.3. The molecule has 1 amide bonds. The first-order chi connectivity index (χ1) is 11.6. The van der Waals surface area contributed by atoms with Crippen LogP contribution in [-0.2, 0) is 0 Å². The molecule has 1 saturated carbocycles. The summed E-state index contributed by atoms with van der Waals surface area (Å²) in [6, 6.07) is 2.10. The summed E-state index contributed by atoms with van der Waals surface area (Å²) in [4.78, 5) is 19.8. The maximum Gasteiger partial charge on any atom is 0.259 e. The molecule has 0 radical (unpaired) electrons. The van der Waals surface area contributed by atoms with Crippen LogP contribution in [0.4, 0.5) is 0 Å². The molecule has 4 rings (SSSR count). The Hall–Kier alpha value is -1.95. The summed E-state index contributed by atoms with van der Waals surface area (Å²) >= 11 is 0. The Labute approximate surface area is 141 Å². The van der Waals surface area contributed by atoms with Crippen molar-refractivity contribution in [3.8, 4) is 0 Å². The topological polar surface area (TPSA) is 85.2 Å². The van der Waals surface area contributed by atoms with Gasteiger partial charge in [0.05, 0.1) is 16.6 Å². The van der Waals surface area contributed by atoms with Gasteiger partial charge in [0.1, 0.15) is 0 Å². The second-order valence-electron chi connectivity index (χ2n) is 7.30. The number of hydrogen-bond acceptors (Lipinski definition) is 5. The van der Waals surface area contributed by atoms with Crippen molar-refractivity contribution in [2.75, 3.05) is 13.1 Å². The smallest absolute Gasteiger partial charge is 0.259 e. The van der Waals surface area contributed by atoms with Gasteiger partial charge in [0.2, 0.25) is 0 Å². The minimum absolute atomic E-state index is 0.0438. The maximum atomic E-state index is 13.3. The molecule has 2 N–H and O–H groups in total. The number of pyridine rings is 1. The van der Waals surface area contributed by atoms with E-state index in [0.717, 1.165) is 49.0 Å². The zero-order valence-corrected chi connectivity index (χ0v) is 14.3. The molecule has 2 fully saturated rings. The molecule has 1 atom stereocenters. The van der Waals surface area contributed by atoms with Gasteiger partial charge in [-0.15, -0.1) is 0 Å². The van der Waals surface area contributed by atoms with Crippen LogP contribution < -0.4 is 5.73 Å². The predicted octanol–water partition coefficient (Wildman–Crippen LogP) is 2.79. The lowest BCUT2D eigenvalue weighted by Crippen LogP contribution is -2.40. The highest BCUT2D eigenvalue weighted by Gasteiger charge is 2.33. The van der Waals surface area contributed by atoms with Crippen molar-refractivity contribution in [3.63, 3.8) is 0 Å². The van der Waals surface area contributed by atoms with Crippen molar-refractivity contribution in [1.82, 2.24) is 15.0 Å². The molecule has 24 heavy (non-hydrogen) atoms. The number of carbonyl (C=O) groups excluding carboxylic acids is 1. The molecule has 2 aromatic rings. The molecule has 1 aliphatic heterocycles. The van der Waals surface area contributed by atoms with Crippen molar-refractivity contribution < 1.29 is 9.32 Å². The van der Waals surface area contributed by atoms with Crippen molar-refractivity contribution in [2.24, 2.45) is 5.73 Å². The second-order valence-corrected chi connectivity index (χ2v) is 7.30. The molecule has 2 aliphatic rings. The first kappa shape index (κ1) is 15.6. The third kappa shape index (κ3) is 2.49. The number of likely N-dealkylation sites (tertiary alicyclic amines) is 1. The molecule has 1 aliphatic carbocycles. The van der Waals surface area contributed by atoms with E-state index in [1.807, 2.05) is 11.0 Å². The molecule has 6 heteroatoms. The number of hydrogen-bond donors (Lipinski definition) is 1. The molecule has 3 heterocycles. The van der Waals surface area contributed by atoms with Crippen LogP contribution in [0.3, 0.4) is 0 Å². The molecule has 128 valence electrons. The molecule has 0 bridgehead atoms. The van der Waals surface area contributed by atoms with E-state index in [1.54, 1.807) is 0 Å². The molecule has 1 saturated heterocycles. The summed E-state index contributed by atoms with van der Waals surface area (Å²) in [5.74, 6) is 0.676. The van der Waals surface area contributed by atoms with Gasteiger partial charge >= 0.3 is 0 Å². The second kappa shape index (κ2) is 5.84. The molecule has 2 aromatic heterocycles. The average Bonchev–Trinajstić information content (AvgIpc) is 3.16. The maximum absolute atomic E-state index is 13.3. The molecule has 1 unspecified atom stereocenters. The minimum atomic E-state index is 0.0438. The summed E-state index contributed by atoms with van der Waals surface area (Å²) in [5.41, 5.74) is 8.82. The third-order valence-electron chi connectivity index (χ3n) is 5.18. The van der Waals surface area contributed by atoms with Crippen LogP contribution >= 0.6 is 0 Å². The van der Waals surface area contributed by atoms with Gasteiger partial charge in [0, 0.05) is 30.7 Å². The van der Waals surface area contributed by atoms with Crippen molar-refractivity contribution in [1.29, 1.82) is 0 Å². The Morgan fingerprint density at radius 3 is 2.88 bits per heavy atom. The number of amides is 1. The van der Waals surface area contributed by atoms with Gasteiger partial charge in [-0.25, -0.2) is 4.98 Å². The van der Waals surface area contributed by atoms with Gasteiger partial charge in [-0.05, 0) is 37.7 Å². The number of nitrogens with zero attached hydrogens (tertiary/aromatic N) is 3. The Kier molecular flexibility index (Phi) is 3.79. The van der Waals surface area contributed by atoms with E-state index < -0.39 is 0 Å². The highest BCUT2D eigenvalue weighted by Crippen LogP contribution is 2.41. The summed E-state index contributed by atoms with van der Waals surface area (Å²) in [6.07, 6.45) is 4.25. The number of rotatable bonds is 4. The Bertz CT molecular complexity index is 779. The first-order valence-electron chi connectivity index (χ1n) is 8.91. The summed E-state index contributed by atoms with van der Waals surface area (Å²) in [5, 5.41) is 4.97. The van der Waals surface area contributed by atoms with E-state index in [9.17, 15) is 4.79 Å². The predicted molar refractivity (Wildman–Crippen MR) is 91.0 cm³/mol. The Morgan fingerprint density at radius 2 is 2.21 bits per heavy atom. The fourth-order valence-electron chi connectivity index (χ4n) is 3.65. The van der Waals surface area contributed by atoms with Crippen LogP contribution in [0.1, 0.15) is 73.1 Å². The van der Waals surface area contributed by atoms with Crippen LogP contribution in [0.5, 0.6) is 0 Å². The van der Waals surface area contributed by atoms with Crippen LogP contribution in [0.15, 0.2) is 10.6 Å². The molecule has 0 aromatic carbocycles. The zero-order chi connectivity index (χ0) is 16.8. The average molecular weight is 328 g/mol. The third-order valence-corrected chi connectivity index (χ3v) is 5.18. The van der Waals surface area contributed by atoms with E-state index in [0.29, 0.717) is 23.7 Å². The molecule has 6 nitrogen and oxygen atoms in total. The highest BCUT2D eigenvalue weighted by atomic mass is 16.5. The monoisotopic (exact) mass is 328 g/mol. The number of aromatic nitrogens is 2. The minimum Gasteiger partial charge on any atom is -0.335 e. The van der Waals surface area contributed by atoms with E-state index in [4.69, 9.17) is 10.3 Å². The van der Waals surface area contributed by atoms with Gasteiger partial charge in [0.25, 0.3) is 11.6 Å². The van der Waals surface area contributed by atoms with Gasteiger partial charge in [0.15, 0.2) is 0 Å². The number of carbonyl (C=O) groups is 1. The van der Waals surface area contributed by atoms with Gasteiger partial charge < -0.3 is 15.2 Å². The SMILES string of the molecule is CC(C)c1noc2nc(C3CC3)cc(C(=O)N3CCCC3CN)c12. The van der Waals surface area contributed by atoms with E-state index in [-0.39, 0.29) is 17.9 Å². The van der Waals surface area contributed by atoms with Crippen molar-refractivity contribution in [2.45, 2.75) is 57.4 Å². The fourth-order valence-corrected chi connectivity index (χ4v) is 3.65. The number of nitrogens with two attached hydrogens (primary N) is 1. The largest absolute Gasteiger partial charge is 0.335 e. The van der Waals surface area contributed by atoms with Gasteiger partial charge in [-0.2, -0.15) is 0 Å². The molecule has 0 spiro atoms. The number of fused-ring (bicyclic) bond motifs is 1. The lowest BCUT2D eigenvalue weighted by atomic mass is 10.0. The van der Waals surface area contributed by atoms with E-state index in [2.05, 4.69) is 24.0 Å². The molecular weight excluding hydrogens is 304 g/mol. The lowest BCUT2D eigenvalue weighted by molar-refractivity contribution is 0.0743. The van der Waals surface area contributed by atoms with Crippen molar-refractivity contribution >= 4 is 17.0 Å². The highest BCUT2D eigenvalue weighted by molar-refractivity contribution is 6.06. The van der Waals surface area contributed by atoms with Crippen LogP contribution in [0.2, 0.25) is 0 Å². The Morgan fingerprint density at radius 1 is 1.42 bits per heavy atom. The summed E-state index contributed by atoms with van der Waals surface area (Å²) in [7, 11) is 0. The standard InChI is InChI=1S/C18H24N4O2/c1-10(2)16-15-13(18(23)22-7-3-4-12(22)9-19)8-14(11-5-6-11)20-17(15)24-21-16/h8,10-12H,3-7,9,19H2,1-2H3. The lowest BCUT2D eigenvalue weighted by Gasteiger charge is -2.24. The summed E-state index contributed by atoms with van der Waals surface area (Å²) < 4.78 is 5.48. The van der Waals surface area contributed by atoms with Crippen LogP contribution in [0, 0.1) is 0 Å². The van der Waals surface area contributed by atoms with E-state index >= 15 is 0 Å². The quantitative estimate of drug-likeness (QED) is 0.933. The Balaban J connectivity index is 1.85. The fraction of sp³-hybridized carbons (Fsp3) is 0.611. The van der Waals surface area contributed by atoms with Gasteiger partial charge in [-0.3, -0.25) is 4.79 Å². The summed E-state index contributed by atoms with van der Waals surface area (Å²) in [6.45, 7) is 5.39. The van der Waals surface area contributed by atoms with Crippen molar-refractivity contribution in [3.05, 3.63) is 23.0 Å². The van der Waals surface area contributed by atoms with E-state index in [1.165, 1.54) is 0 Å². The normalized spacial score (nSPS) is 21.2. The first-order valence-corrected chi connectivity index (χ1v) is 8.91. The molecular formula is C18H24N4O2.